The number of nitrogens with zero attached hydrogens (tertiary/aromatic N) is 2. The molecule has 1 aromatic heterocycles. The number of anilines is 1. The molecule has 4 nitrogen and oxygen atoms in total. The van der Waals surface area contributed by atoms with E-state index in [1.807, 2.05) is 12.1 Å². The third kappa shape index (κ3) is 1.42. The van der Waals surface area contributed by atoms with Crippen molar-refractivity contribution in [2.75, 3.05) is 5.73 Å². The number of nitrogen functional groups attached to an aromatic ring is 1. The van der Waals surface area contributed by atoms with Gasteiger partial charge in [0.15, 0.2) is 5.75 Å². The summed E-state index contributed by atoms with van der Waals surface area (Å²) >= 11 is 0. The normalized spacial score (nSPS) is 10.4. The lowest BCUT2D eigenvalue weighted by Crippen LogP contribution is -1.96. The zero-order chi connectivity index (χ0) is 10.1. The fourth-order valence-corrected chi connectivity index (χ4v) is 1.25. The Balaban J connectivity index is 2.49. The first-order valence-corrected chi connectivity index (χ1v) is 4.28. The van der Waals surface area contributed by atoms with Crippen molar-refractivity contribution in [3.05, 3.63) is 36.2 Å². The van der Waals surface area contributed by atoms with Crippen LogP contribution >= 0.6 is 0 Å². The van der Waals surface area contributed by atoms with E-state index in [1.165, 1.54) is 0 Å². The van der Waals surface area contributed by atoms with Crippen molar-refractivity contribution in [2.45, 2.75) is 6.92 Å². The number of hydrogen-bond acceptors (Lipinski definition) is 3. The average molecular weight is 189 g/mol. The molecule has 72 valence electrons. The van der Waals surface area contributed by atoms with Gasteiger partial charge in [-0.2, -0.15) is 5.10 Å². The van der Waals surface area contributed by atoms with Crippen LogP contribution in [0.5, 0.6) is 5.75 Å². The van der Waals surface area contributed by atoms with Crippen LogP contribution in [-0.4, -0.2) is 14.9 Å². The molecule has 2 rings (SSSR count). The van der Waals surface area contributed by atoms with Gasteiger partial charge in [0.2, 0.25) is 0 Å². The van der Waals surface area contributed by atoms with Gasteiger partial charge < -0.3 is 10.8 Å². The third-order valence-electron chi connectivity index (χ3n) is 2.01. The molecule has 0 unspecified atom stereocenters. The molecule has 4 heteroatoms. The third-order valence-corrected chi connectivity index (χ3v) is 2.01. The van der Waals surface area contributed by atoms with E-state index in [-0.39, 0.29) is 5.75 Å². The van der Waals surface area contributed by atoms with Crippen LogP contribution in [0.3, 0.4) is 0 Å². The molecule has 2 aromatic rings. The summed E-state index contributed by atoms with van der Waals surface area (Å²) in [4.78, 5) is 0. The molecule has 0 atom stereocenters. The number of aromatic nitrogens is 2. The van der Waals surface area contributed by atoms with Crippen molar-refractivity contribution in [3.8, 4) is 11.4 Å². The molecule has 0 aliphatic rings. The summed E-state index contributed by atoms with van der Waals surface area (Å²) < 4.78 is 1.60. The predicted molar refractivity (Wildman–Crippen MR) is 54.4 cm³/mol. The monoisotopic (exact) mass is 189 g/mol. The van der Waals surface area contributed by atoms with Gasteiger partial charge in [0.1, 0.15) is 5.69 Å². The fraction of sp³-hybridized carbons (Fsp3) is 0.100. The molecule has 14 heavy (non-hydrogen) atoms. The van der Waals surface area contributed by atoms with Gasteiger partial charge in [0, 0.05) is 5.69 Å². The Morgan fingerprint density at radius 1 is 1.43 bits per heavy atom. The fourth-order valence-electron chi connectivity index (χ4n) is 1.25. The summed E-state index contributed by atoms with van der Waals surface area (Å²) in [5, 5.41) is 13.5. The Hall–Kier alpha value is -1.97. The van der Waals surface area contributed by atoms with Gasteiger partial charge in [-0.15, -0.1) is 0 Å². The molecular formula is C10H11N3O. The van der Waals surface area contributed by atoms with Crippen LogP contribution in [0.15, 0.2) is 30.5 Å². The highest BCUT2D eigenvalue weighted by Crippen LogP contribution is 2.17. The van der Waals surface area contributed by atoms with E-state index in [9.17, 15) is 5.11 Å². The SMILES string of the molecule is Cc1nn(-c2cccc(N)c2)cc1O. The van der Waals surface area contributed by atoms with Crippen LogP contribution in [0.4, 0.5) is 5.69 Å². The largest absolute Gasteiger partial charge is 0.504 e. The molecule has 0 amide bonds. The Labute approximate surface area is 81.6 Å². The Morgan fingerprint density at radius 3 is 2.79 bits per heavy atom. The lowest BCUT2D eigenvalue weighted by atomic mass is 10.3. The second-order valence-electron chi connectivity index (χ2n) is 3.14. The first kappa shape index (κ1) is 8.62. The van der Waals surface area contributed by atoms with Gasteiger partial charge in [-0.05, 0) is 25.1 Å². The second-order valence-corrected chi connectivity index (χ2v) is 3.14. The minimum atomic E-state index is 0.187. The molecule has 0 fully saturated rings. The molecule has 3 N–H and O–H groups in total. The first-order valence-electron chi connectivity index (χ1n) is 4.28. The van der Waals surface area contributed by atoms with Crippen LogP contribution < -0.4 is 5.73 Å². The summed E-state index contributed by atoms with van der Waals surface area (Å²) in [6, 6.07) is 7.33. The highest BCUT2D eigenvalue weighted by molar-refractivity contribution is 5.47. The lowest BCUT2D eigenvalue weighted by Gasteiger charge is -2.00. The minimum absolute atomic E-state index is 0.187. The van der Waals surface area contributed by atoms with Gasteiger partial charge in [0.25, 0.3) is 0 Å². The molecule has 0 saturated heterocycles. The van der Waals surface area contributed by atoms with Crippen LogP contribution in [-0.2, 0) is 0 Å². The maximum absolute atomic E-state index is 9.36. The van der Waals surface area contributed by atoms with E-state index in [0.29, 0.717) is 11.4 Å². The Morgan fingerprint density at radius 2 is 2.21 bits per heavy atom. The summed E-state index contributed by atoms with van der Waals surface area (Å²) in [6.45, 7) is 1.75. The van der Waals surface area contributed by atoms with E-state index in [2.05, 4.69) is 5.10 Å². The predicted octanol–water partition coefficient (Wildman–Crippen LogP) is 1.47. The number of nitrogens with two attached hydrogens (primary N) is 1. The summed E-state index contributed by atoms with van der Waals surface area (Å²) in [6.07, 6.45) is 1.56. The van der Waals surface area contributed by atoms with Gasteiger partial charge in [-0.1, -0.05) is 6.07 Å². The zero-order valence-corrected chi connectivity index (χ0v) is 7.81. The van der Waals surface area contributed by atoms with Gasteiger partial charge in [-0.3, -0.25) is 0 Å². The van der Waals surface area contributed by atoms with E-state index in [4.69, 9.17) is 5.73 Å². The lowest BCUT2D eigenvalue weighted by molar-refractivity contribution is 0.471. The maximum atomic E-state index is 9.36. The van der Waals surface area contributed by atoms with Gasteiger partial charge in [-0.25, -0.2) is 4.68 Å². The van der Waals surface area contributed by atoms with Gasteiger partial charge >= 0.3 is 0 Å². The van der Waals surface area contributed by atoms with E-state index in [1.54, 1.807) is 29.9 Å². The number of hydrogen-bond donors (Lipinski definition) is 2. The standard InChI is InChI=1S/C10H11N3O/c1-7-10(14)6-13(12-7)9-4-2-3-8(11)5-9/h2-6,14H,11H2,1H3. The topological polar surface area (TPSA) is 64.1 Å². The summed E-state index contributed by atoms with van der Waals surface area (Å²) in [5.41, 5.74) is 7.76. The molecule has 0 spiro atoms. The van der Waals surface area contributed by atoms with E-state index in [0.717, 1.165) is 5.69 Å². The summed E-state index contributed by atoms with van der Waals surface area (Å²) in [7, 11) is 0. The van der Waals surface area contributed by atoms with Crippen LogP contribution in [0.1, 0.15) is 5.69 Å². The molecule has 1 heterocycles. The second kappa shape index (κ2) is 3.06. The molecule has 1 aromatic carbocycles. The van der Waals surface area contributed by atoms with E-state index < -0.39 is 0 Å². The minimum Gasteiger partial charge on any atom is -0.504 e. The maximum Gasteiger partial charge on any atom is 0.156 e. The number of aromatic hydroxyl groups is 1. The molecular weight excluding hydrogens is 178 g/mol. The van der Waals surface area contributed by atoms with Crippen molar-refractivity contribution in [3.63, 3.8) is 0 Å². The zero-order valence-electron chi connectivity index (χ0n) is 7.81. The molecule has 0 radical (unpaired) electrons. The average Bonchev–Trinajstić information content (AvgIpc) is 2.47. The molecule has 0 aliphatic carbocycles. The highest BCUT2D eigenvalue weighted by Gasteiger charge is 2.03. The van der Waals surface area contributed by atoms with Crippen molar-refractivity contribution in [1.82, 2.24) is 9.78 Å². The van der Waals surface area contributed by atoms with Crippen LogP contribution in [0, 0.1) is 6.92 Å². The number of rotatable bonds is 1. The van der Waals surface area contributed by atoms with Crippen molar-refractivity contribution < 1.29 is 5.11 Å². The molecule has 0 bridgehead atoms. The summed E-state index contributed by atoms with van der Waals surface area (Å²) in [5.74, 6) is 0.187. The van der Waals surface area contributed by atoms with Crippen LogP contribution in [0.25, 0.3) is 5.69 Å². The Kier molecular flexibility index (Phi) is 1.89. The van der Waals surface area contributed by atoms with Crippen molar-refractivity contribution in [2.24, 2.45) is 0 Å². The molecule has 0 saturated carbocycles. The number of benzene rings is 1. The van der Waals surface area contributed by atoms with E-state index >= 15 is 0 Å². The highest BCUT2D eigenvalue weighted by atomic mass is 16.3. The first-order chi connectivity index (χ1) is 6.66. The number of aryl methyl sites for hydroxylation is 1. The quantitative estimate of drug-likeness (QED) is 0.667. The van der Waals surface area contributed by atoms with Gasteiger partial charge in [0.05, 0.1) is 11.9 Å². The Bertz CT molecular complexity index is 443. The van der Waals surface area contributed by atoms with Crippen molar-refractivity contribution in [1.29, 1.82) is 0 Å². The molecule has 0 aliphatic heterocycles. The van der Waals surface area contributed by atoms with Crippen molar-refractivity contribution >= 4 is 5.69 Å². The smallest absolute Gasteiger partial charge is 0.156 e. The van der Waals surface area contributed by atoms with Crippen LogP contribution in [0.2, 0.25) is 0 Å².